The van der Waals surface area contributed by atoms with E-state index in [2.05, 4.69) is 34.2 Å². The van der Waals surface area contributed by atoms with E-state index in [4.69, 9.17) is 10.5 Å². The third kappa shape index (κ3) is 6.63. The molecule has 0 fully saturated rings. The van der Waals surface area contributed by atoms with Gasteiger partial charge < -0.3 is 15.9 Å². The van der Waals surface area contributed by atoms with Crippen molar-refractivity contribution < 1.29 is 10.2 Å². The van der Waals surface area contributed by atoms with Crippen molar-refractivity contribution in [2.75, 3.05) is 32.5 Å². The molecule has 0 aliphatic carbocycles. The molecule has 1 aromatic heterocycles. The molecule has 3 rings (SSSR count). The van der Waals surface area contributed by atoms with E-state index >= 15 is 0 Å². The summed E-state index contributed by atoms with van der Waals surface area (Å²) in [5.41, 5.74) is 9.19. The second-order valence-electron chi connectivity index (χ2n) is 5.50. The molecule has 0 bridgehead atoms. The highest BCUT2D eigenvalue weighted by Crippen LogP contribution is 2.23. The van der Waals surface area contributed by atoms with Gasteiger partial charge in [0.15, 0.2) is 5.13 Å². The lowest BCUT2D eigenvalue weighted by Gasteiger charge is -2.25. The van der Waals surface area contributed by atoms with Gasteiger partial charge in [-0.1, -0.05) is 30.4 Å². The van der Waals surface area contributed by atoms with Gasteiger partial charge in [-0.15, -0.1) is 36.2 Å². The number of nitrogen functional groups attached to an aromatic ring is 1. The molecule has 1 aliphatic heterocycles. The van der Waals surface area contributed by atoms with Crippen LogP contribution < -0.4 is 10.5 Å². The second-order valence-corrected chi connectivity index (χ2v) is 6.39. The number of aromatic nitrogens is 1. The van der Waals surface area contributed by atoms with Gasteiger partial charge >= 0.3 is 0 Å². The molecule has 0 atom stereocenters. The zero-order valence-electron chi connectivity index (χ0n) is 14.6. The molecule has 0 saturated carbocycles. The number of nitrogens with zero attached hydrogens (tertiary/aromatic N) is 2. The van der Waals surface area contributed by atoms with Crippen LogP contribution >= 0.6 is 36.2 Å². The Bertz CT molecular complexity index is 735. The van der Waals surface area contributed by atoms with Crippen LogP contribution in [-0.4, -0.2) is 42.1 Å². The van der Waals surface area contributed by atoms with Crippen molar-refractivity contribution in [2.24, 2.45) is 0 Å². The van der Waals surface area contributed by atoms with Crippen LogP contribution in [0.3, 0.4) is 0 Å². The van der Waals surface area contributed by atoms with E-state index in [9.17, 15) is 0 Å². The fourth-order valence-electron chi connectivity index (χ4n) is 2.67. The maximum atomic E-state index is 5.73. The van der Waals surface area contributed by atoms with E-state index < -0.39 is 0 Å². The van der Waals surface area contributed by atoms with E-state index in [1.807, 2.05) is 23.6 Å². The van der Waals surface area contributed by atoms with Crippen LogP contribution in [0.4, 0.5) is 5.13 Å². The number of anilines is 1. The van der Waals surface area contributed by atoms with Crippen LogP contribution in [0, 0.1) is 0 Å². The van der Waals surface area contributed by atoms with E-state index in [0.717, 1.165) is 43.1 Å². The first kappa shape index (κ1) is 24.4. The van der Waals surface area contributed by atoms with Crippen molar-refractivity contribution >= 4 is 52.9 Å². The summed E-state index contributed by atoms with van der Waals surface area (Å²) in [6.45, 7) is 2.92. The van der Waals surface area contributed by atoms with Crippen molar-refractivity contribution in [3.8, 4) is 5.75 Å². The van der Waals surface area contributed by atoms with Crippen molar-refractivity contribution in [2.45, 2.75) is 6.42 Å². The topological polar surface area (TPSA) is 82.9 Å². The van der Waals surface area contributed by atoms with Crippen LogP contribution in [0.2, 0.25) is 0 Å². The molecule has 26 heavy (non-hydrogen) atoms. The Balaban J connectivity index is 0.00000208. The standard InChI is InChI=1S/C18H21N3OS.2ClH.H2O/c1-22-16-8-2-5-14(11-16)6-3-9-21-10-4-7-15(12-21)17-13-23-18(19)20-17;;;/h2-3,5-8,11,13H,4,9-10,12H2,1H3,(H2,19,20);2*1H;1H2. The molecule has 2 aromatic rings. The third-order valence-electron chi connectivity index (χ3n) is 3.85. The van der Waals surface area contributed by atoms with Gasteiger partial charge in [0, 0.05) is 25.0 Å². The first-order valence-electron chi connectivity index (χ1n) is 7.68. The van der Waals surface area contributed by atoms with E-state index in [0.29, 0.717) is 5.13 Å². The summed E-state index contributed by atoms with van der Waals surface area (Å²) in [4.78, 5) is 6.80. The zero-order valence-corrected chi connectivity index (χ0v) is 17.0. The van der Waals surface area contributed by atoms with E-state index in [1.165, 1.54) is 16.9 Å². The molecular weight excluding hydrogens is 393 g/mol. The predicted molar refractivity (Wildman–Crippen MR) is 116 cm³/mol. The minimum Gasteiger partial charge on any atom is -0.497 e. The summed E-state index contributed by atoms with van der Waals surface area (Å²) in [6, 6.07) is 8.08. The molecule has 144 valence electrons. The Labute approximate surface area is 170 Å². The maximum absolute atomic E-state index is 5.73. The summed E-state index contributed by atoms with van der Waals surface area (Å²) in [5, 5.41) is 2.67. The number of rotatable bonds is 5. The number of hydrogen-bond acceptors (Lipinski definition) is 5. The Morgan fingerprint density at radius 1 is 1.35 bits per heavy atom. The first-order valence-corrected chi connectivity index (χ1v) is 8.56. The molecule has 1 aromatic carbocycles. The number of thiazole rings is 1. The van der Waals surface area contributed by atoms with Gasteiger partial charge in [-0.2, -0.15) is 0 Å². The Hall–Kier alpha value is -1.57. The largest absolute Gasteiger partial charge is 0.497 e. The average Bonchev–Trinajstić information content (AvgIpc) is 3.02. The van der Waals surface area contributed by atoms with Gasteiger partial charge in [0.25, 0.3) is 0 Å². The van der Waals surface area contributed by atoms with Crippen LogP contribution in [0.5, 0.6) is 5.75 Å². The van der Waals surface area contributed by atoms with Crippen LogP contribution in [0.25, 0.3) is 11.6 Å². The fourth-order valence-corrected chi connectivity index (χ4v) is 3.25. The number of ether oxygens (including phenoxy) is 1. The maximum Gasteiger partial charge on any atom is 0.180 e. The van der Waals surface area contributed by atoms with Gasteiger partial charge in [0.05, 0.1) is 12.8 Å². The first-order chi connectivity index (χ1) is 11.2. The molecule has 8 heteroatoms. The minimum atomic E-state index is 0. The Morgan fingerprint density at radius 2 is 2.15 bits per heavy atom. The van der Waals surface area contributed by atoms with Gasteiger partial charge in [0.1, 0.15) is 5.75 Å². The molecular formula is C18H25Cl2N3O2S. The lowest BCUT2D eigenvalue weighted by Crippen LogP contribution is -2.29. The normalized spacial score (nSPS) is 14.0. The summed E-state index contributed by atoms with van der Waals surface area (Å²) >= 11 is 1.50. The Morgan fingerprint density at radius 3 is 2.85 bits per heavy atom. The lowest BCUT2D eigenvalue weighted by atomic mass is 10.1. The molecule has 0 saturated heterocycles. The molecule has 2 heterocycles. The fraction of sp³-hybridized carbons (Fsp3) is 0.278. The highest BCUT2D eigenvalue weighted by Gasteiger charge is 2.14. The summed E-state index contributed by atoms with van der Waals surface area (Å²) in [5.74, 6) is 0.886. The SMILES string of the molecule is COc1cccc(C=CCN2CCC=C(c3csc(N)n3)C2)c1.Cl.Cl.O. The molecule has 5 nitrogen and oxygen atoms in total. The molecule has 0 spiro atoms. The molecule has 4 N–H and O–H groups in total. The van der Waals surface area contributed by atoms with Gasteiger partial charge in [-0.25, -0.2) is 4.98 Å². The smallest absolute Gasteiger partial charge is 0.180 e. The quantitative estimate of drug-likeness (QED) is 0.805. The van der Waals surface area contributed by atoms with Crippen LogP contribution in [-0.2, 0) is 0 Å². The molecule has 0 radical (unpaired) electrons. The van der Waals surface area contributed by atoms with E-state index in [-0.39, 0.29) is 30.3 Å². The minimum absolute atomic E-state index is 0. The highest BCUT2D eigenvalue weighted by molar-refractivity contribution is 7.13. The Kier molecular flexibility index (Phi) is 11.2. The van der Waals surface area contributed by atoms with Crippen LogP contribution in [0.15, 0.2) is 41.8 Å². The van der Waals surface area contributed by atoms with Gasteiger partial charge in [-0.05, 0) is 29.7 Å². The second kappa shape index (κ2) is 11.9. The third-order valence-corrected chi connectivity index (χ3v) is 4.52. The summed E-state index contributed by atoms with van der Waals surface area (Å²) in [6.07, 6.45) is 7.67. The highest BCUT2D eigenvalue weighted by atomic mass is 35.5. The number of benzene rings is 1. The number of methoxy groups -OCH3 is 1. The molecule has 0 amide bonds. The monoisotopic (exact) mass is 417 g/mol. The van der Waals surface area contributed by atoms with Crippen molar-refractivity contribution in [3.63, 3.8) is 0 Å². The predicted octanol–water partition coefficient (Wildman–Crippen LogP) is 3.56. The zero-order chi connectivity index (χ0) is 16.1. The van der Waals surface area contributed by atoms with Crippen LogP contribution in [0.1, 0.15) is 17.7 Å². The number of hydrogen-bond donors (Lipinski definition) is 1. The summed E-state index contributed by atoms with van der Waals surface area (Å²) < 4.78 is 5.25. The van der Waals surface area contributed by atoms with Crippen molar-refractivity contribution in [3.05, 3.63) is 53.1 Å². The van der Waals surface area contributed by atoms with Gasteiger partial charge in [0.2, 0.25) is 0 Å². The molecule has 1 aliphatic rings. The van der Waals surface area contributed by atoms with Crippen molar-refractivity contribution in [1.29, 1.82) is 0 Å². The van der Waals surface area contributed by atoms with E-state index in [1.54, 1.807) is 7.11 Å². The average molecular weight is 418 g/mol. The lowest BCUT2D eigenvalue weighted by molar-refractivity contribution is 0.337. The van der Waals surface area contributed by atoms with Crippen molar-refractivity contribution in [1.82, 2.24) is 9.88 Å². The summed E-state index contributed by atoms with van der Waals surface area (Å²) in [7, 11) is 1.69. The molecule has 0 unspecified atom stereocenters. The number of halogens is 2. The van der Waals surface area contributed by atoms with Gasteiger partial charge in [-0.3, -0.25) is 4.90 Å². The number of nitrogens with two attached hydrogens (primary N) is 1.